The van der Waals surface area contributed by atoms with Crippen molar-refractivity contribution in [3.8, 4) is 0 Å². The predicted molar refractivity (Wildman–Crippen MR) is 59.9 cm³/mol. The lowest BCUT2D eigenvalue weighted by molar-refractivity contribution is 0.0304. The molecule has 0 aromatic carbocycles. The largest absolute Gasteiger partial charge is 0.384 e. The highest BCUT2D eigenvalue weighted by Crippen LogP contribution is 2.33. The lowest BCUT2D eigenvalue weighted by Crippen LogP contribution is -2.29. The molecule has 0 aliphatic heterocycles. The van der Waals surface area contributed by atoms with Gasteiger partial charge in [0.05, 0.1) is 0 Å². The second-order valence-corrected chi connectivity index (χ2v) is 4.67. The Hall–Kier alpha value is -0.120. The lowest BCUT2D eigenvalue weighted by atomic mass is 9.76. The Balaban J connectivity index is 2.40. The van der Waals surface area contributed by atoms with Gasteiger partial charge in [-0.25, -0.2) is 0 Å². The average Bonchev–Trinajstić information content (AvgIpc) is 2.19. The van der Waals surface area contributed by atoms with Gasteiger partial charge in [-0.1, -0.05) is 0 Å². The third kappa shape index (κ3) is 4.49. The smallest absolute Gasteiger partial charge is 0.0490 e. The van der Waals surface area contributed by atoms with Crippen molar-refractivity contribution in [2.24, 2.45) is 17.8 Å². The highest BCUT2D eigenvalue weighted by Gasteiger charge is 2.28. The van der Waals surface area contributed by atoms with Gasteiger partial charge in [-0.2, -0.15) is 0 Å². The van der Waals surface area contributed by atoms with Gasteiger partial charge < -0.3 is 14.2 Å². The van der Waals surface area contributed by atoms with Gasteiger partial charge in [0, 0.05) is 41.2 Å². The molecule has 3 heteroatoms. The molecule has 0 heterocycles. The SMILES string of the molecule is COCC1CC(COC)CC(COC)C1. The van der Waals surface area contributed by atoms with Crippen LogP contribution in [0, 0.1) is 17.8 Å². The molecule has 0 aromatic heterocycles. The van der Waals surface area contributed by atoms with E-state index in [2.05, 4.69) is 0 Å². The fourth-order valence-corrected chi connectivity index (χ4v) is 2.82. The van der Waals surface area contributed by atoms with E-state index in [0.29, 0.717) is 17.8 Å². The number of hydrogen-bond acceptors (Lipinski definition) is 3. The van der Waals surface area contributed by atoms with Gasteiger partial charge in [0.25, 0.3) is 0 Å². The van der Waals surface area contributed by atoms with Crippen molar-refractivity contribution in [2.45, 2.75) is 19.3 Å². The van der Waals surface area contributed by atoms with Gasteiger partial charge in [-0.3, -0.25) is 0 Å². The molecule has 1 saturated carbocycles. The van der Waals surface area contributed by atoms with Crippen molar-refractivity contribution in [2.75, 3.05) is 41.2 Å². The number of hydrogen-bond donors (Lipinski definition) is 0. The molecule has 0 saturated heterocycles. The summed E-state index contributed by atoms with van der Waals surface area (Å²) in [5, 5.41) is 0. The van der Waals surface area contributed by atoms with Crippen LogP contribution >= 0.6 is 0 Å². The molecule has 0 aromatic rings. The van der Waals surface area contributed by atoms with Crippen LogP contribution in [0.3, 0.4) is 0 Å². The van der Waals surface area contributed by atoms with E-state index in [1.807, 2.05) is 0 Å². The van der Waals surface area contributed by atoms with E-state index in [9.17, 15) is 0 Å². The van der Waals surface area contributed by atoms with Crippen LogP contribution in [0.5, 0.6) is 0 Å². The monoisotopic (exact) mass is 216 g/mol. The summed E-state index contributed by atoms with van der Waals surface area (Å²) in [4.78, 5) is 0. The molecule has 1 aliphatic rings. The summed E-state index contributed by atoms with van der Waals surface area (Å²) in [7, 11) is 5.35. The minimum Gasteiger partial charge on any atom is -0.384 e. The van der Waals surface area contributed by atoms with Crippen LogP contribution in [-0.4, -0.2) is 41.2 Å². The van der Waals surface area contributed by atoms with Crippen LogP contribution in [0.25, 0.3) is 0 Å². The van der Waals surface area contributed by atoms with Crippen LogP contribution in [-0.2, 0) is 14.2 Å². The second kappa shape index (κ2) is 7.20. The number of methoxy groups -OCH3 is 3. The van der Waals surface area contributed by atoms with Crippen molar-refractivity contribution in [1.29, 1.82) is 0 Å². The van der Waals surface area contributed by atoms with E-state index in [-0.39, 0.29) is 0 Å². The molecule has 15 heavy (non-hydrogen) atoms. The lowest BCUT2D eigenvalue weighted by Gasteiger charge is -2.34. The van der Waals surface area contributed by atoms with Crippen LogP contribution in [0.15, 0.2) is 0 Å². The summed E-state index contributed by atoms with van der Waals surface area (Å²) >= 11 is 0. The van der Waals surface area contributed by atoms with E-state index in [4.69, 9.17) is 14.2 Å². The molecule has 1 rings (SSSR count). The van der Waals surface area contributed by atoms with E-state index < -0.39 is 0 Å². The minimum absolute atomic E-state index is 0.684. The Kier molecular flexibility index (Phi) is 6.22. The summed E-state index contributed by atoms with van der Waals surface area (Å²) in [5.41, 5.74) is 0. The van der Waals surface area contributed by atoms with Crippen LogP contribution in [0.1, 0.15) is 19.3 Å². The standard InChI is InChI=1S/C12H24O3/c1-13-7-10-4-11(8-14-2)6-12(5-10)9-15-3/h10-12H,4-9H2,1-3H3. The van der Waals surface area contributed by atoms with Gasteiger partial charge in [0.1, 0.15) is 0 Å². The van der Waals surface area contributed by atoms with E-state index in [0.717, 1.165) is 19.8 Å². The Morgan fingerprint density at radius 2 is 0.933 bits per heavy atom. The number of ether oxygens (including phenoxy) is 3. The molecule has 0 unspecified atom stereocenters. The summed E-state index contributed by atoms with van der Waals surface area (Å²) in [5.74, 6) is 2.05. The zero-order valence-electron chi connectivity index (χ0n) is 10.2. The first-order valence-corrected chi connectivity index (χ1v) is 5.77. The zero-order valence-corrected chi connectivity index (χ0v) is 10.2. The van der Waals surface area contributed by atoms with E-state index in [1.54, 1.807) is 21.3 Å². The van der Waals surface area contributed by atoms with Crippen molar-refractivity contribution in [1.82, 2.24) is 0 Å². The van der Waals surface area contributed by atoms with Crippen LogP contribution < -0.4 is 0 Å². The minimum atomic E-state index is 0.684. The molecule has 0 N–H and O–H groups in total. The molecule has 0 bridgehead atoms. The second-order valence-electron chi connectivity index (χ2n) is 4.67. The normalized spacial score (nSPS) is 31.8. The summed E-state index contributed by atoms with van der Waals surface area (Å²) in [6.07, 6.45) is 3.71. The maximum absolute atomic E-state index is 5.25. The first kappa shape index (κ1) is 12.9. The van der Waals surface area contributed by atoms with Crippen LogP contribution in [0.4, 0.5) is 0 Å². The van der Waals surface area contributed by atoms with Crippen molar-refractivity contribution >= 4 is 0 Å². The maximum atomic E-state index is 5.25. The van der Waals surface area contributed by atoms with E-state index in [1.165, 1.54) is 19.3 Å². The summed E-state index contributed by atoms with van der Waals surface area (Å²) in [6, 6.07) is 0. The molecule has 1 fully saturated rings. The van der Waals surface area contributed by atoms with Gasteiger partial charge in [0.15, 0.2) is 0 Å². The molecule has 1 aliphatic carbocycles. The molecule has 0 amide bonds. The third-order valence-corrected chi connectivity index (χ3v) is 3.21. The van der Waals surface area contributed by atoms with Crippen molar-refractivity contribution < 1.29 is 14.2 Å². The molecule has 90 valence electrons. The molecular formula is C12H24O3. The zero-order chi connectivity index (χ0) is 11.1. The summed E-state index contributed by atoms with van der Waals surface area (Å²) in [6.45, 7) is 2.63. The first-order valence-electron chi connectivity index (χ1n) is 5.77. The Morgan fingerprint density at radius 1 is 0.667 bits per heavy atom. The Labute approximate surface area is 93.1 Å². The van der Waals surface area contributed by atoms with Gasteiger partial charge in [-0.15, -0.1) is 0 Å². The Bertz CT molecular complexity index is 126. The third-order valence-electron chi connectivity index (χ3n) is 3.21. The molecular weight excluding hydrogens is 192 g/mol. The maximum Gasteiger partial charge on any atom is 0.0490 e. The van der Waals surface area contributed by atoms with E-state index >= 15 is 0 Å². The van der Waals surface area contributed by atoms with Crippen molar-refractivity contribution in [3.05, 3.63) is 0 Å². The van der Waals surface area contributed by atoms with Gasteiger partial charge >= 0.3 is 0 Å². The quantitative estimate of drug-likeness (QED) is 0.679. The highest BCUT2D eigenvalue weighted by atomic mass is 16.5. The predicted octanol–water partition coefficient (Wildman–Crippen LogP) is 1.96. The summed E-state index contributed by atoms with van der Waals surface area (Å²) < 4.78 is 15.8. The van der Waals surface area contributed by atoms with Crippen molar-refractivity contribution in [3.63, 3.8) is 0 Å². The van der Waals surface area contributed by atoms with Gasteiger partial charge in [0.2, 0.25) is 0 Å². The molecule has 0 atom stereocenters. The highest BCUT2D eigenvalue weighted by molar-refractivity contribution is 4.78. The molecule has 3 nitrogen and oxygen atoms in total. The average molecular weight is 216 g/mol. The number of rotatable bonds is 6. The molecule has 0 radical (unpaired) electrons. The topological polar surface area (TPSA) is 27.7 Å². The van der Waals surface area contributed by atoms with Crippen LogP contribution in [0.2, 0.25) is 0 Å². The first-order chi connectivity index (χ1) is 7.30. The Morgan fingerprint density at radius 3 is 1.13 bits per heavy atom. The van der Waals surface area contributed by atoms with Gasteiger partial charge in [-0.05, 0) is 37.0 Å². The molecule has 0 spiro atoms. The fourth-order valence-electron chi connectivity index (χ4n) is 2.82. The fraction of sp³-hybridized carbons (Fsp3) is 1.00.